The zero-order chi connectivity index (χ0) is 25.5. The molecule has 9 heteroatoms. The highest BCUT2D eigenvalue weighted by Crippen LogP contribution is 2.34. The lowest BCUT2D eigenvalue weighted by molar-refractivity contribution is -0.121. The molecule has 9 nitrogen and oxygen atoms in total. The number of carbonyl (C=O) groups excluding carboxylic acids is 3. The van der Waals surface area contributed by atoms with Crippen LogP contribution < -0.4 is 19.7 Å². The smallest absolute Gasteiger partial charge is 0.287 e. The third kappa shape index (κ3) is 5.92. The maximum Gasteiger partial charge on any atom is 0.287 e. The molecule has 1 N–H and O–H groups in total. The molecule has 0 fully saturated rings. The first-order valence-corrected chi connectivity index (χ1v) is 11.7. The summed E-state index contributed by atoms with van der Waals surface area (Å²) in [6.45, 7) is 2.61. The standard InChI is InChI=1S/C27H28N2O7/c1-3-18-4-7-20(8-5-18)34-16-23(30)19-6-10-24-22(14-19)29(26(31)17-35-24)15-21-9-11-25(36-21)27(32)28-12-13-33-2/h4-11,14H,3,12-13,15-17H2,1-2H3,(H,28,32). The van der Waals surface area contributed by atoms with Crippen molar-refractivity contribution in [3.05, 3.63) is 77.2 Å². The number of hydrogen-bond donors (Lipinski definition) is 1. The van der Waals surface area contributed by atoms with E-state index in [0.717, 1.165) is 6.42 Å². The Bertz CT molecular complexity index is 1230. The molecule has 1 aliphatic heterocycles. The molecule has 0 aliphatic carbocycles. The highest BCUT2D eigenvalue weighted by Gasteiger charge is 2.28. The summed E-state index contributed by atoms with van der Waals surface area (Å²) in [4.78, 5) is 39.2. The van der Waals surface area contributed by atoms with Crippen molar-refractivity contribution in [3.8, 4) is 11.5 Å². The van der Waals surface area contributed by atoms with Crippen LogP contribution >= 0.6 is 0 Å². The molecule has 4 rings (SSSR count). The van der Waals surface area contributed by atoms with Gasteiger partial charge < -0.3 is 23.9 Å². The van der Waals surface area contributed by atoms with Crippen molar-refractivity contribution >= 4 is 23.3 Å². The van der Waals surface area contributed by atoms with Gasteiger partial charge in [0, 0.05) is 19.2 Å². The molecule has 0 unspecified atom stereocenters. The molecule has 0 bridgehead atoms. The SMILES string of the molecule is CCc1ccc(OCC(=O)c2ccc3c(c2)N(Cc2ccc(C(=O)NCCOC)o2)C(=O)CO3)cc1. The van der Waals surface area contributed by atoms with E-state index in [-0.39, 0.29) is 43.1 Å². The summed E-state index contributed by atoms with van der Waals surface area (Å²) in [6, 6.07) is 15.7. The number of benzene rings is 2. The van der Waals surface area contributed by atoms with Gasteiger partial charge in [-0.2, -0.15) is 0 Å². The number of carbonyl (C=O) groups is 3. The zero-order valence-corrected chi connectivity index (χ0v) is 20.2. The Morgan fingerprint density at radius 3 is 2.64 bits per heavy atom. The van der Waals surface area contributed by atoms with Gasteiger partial charge in [0.1, 0.15) is 17.3 Å². The van der Waals surface area contributed by atoms with Crippen LogP contribution in [0.5, 0.6) is 11.5 Å². The lowest BCUT2D eigenvalue weighted by Gasteiger charge is -2.29. The van der Waals surface area contributed by atoms with E-state index in [4.69, 9.17) is 18.6 Å². The fraction of sp³-hybridized carbons (Fsp3) is 0.296. The number of Topliss-reactive ketones (excluding diaryl/α,β-unsaturated/α-hetero) is 1. The van der Waals surface area contributed by atoms with E-state index < -0.39 is 0 Å². The Morgan fingerprint density at radius 1 is 1.08 bits per heavy atom. The molecule has 2 heterocycles. The highest BCUT2D eigenvalue weighted by atomic mass is 16.5. The highest BCUT2D eigenvalue weighted by molar-refractivity contribution is 6.02. The molecule has 2 amide bonds. The molecule has 0 saturated carbocycles. The van der Waals surface area contributed by atoms with Crippen molar-refractivity contribution in [2.24, 2.45) is 0 Å². The van der Waals surface area contributed by atoms with E-state index in [1.165, 1.54) is 10.5 Å². The number of amides is 2. The number of furan rings is 1. The van der Waals surface area contributed by atoms with Crippen LogP contribution in [0.1, 0.15) is 39.2 Å². The summed E-state index contributed by atoms with van der Waals surface area (Å²) in [5.74, 6) is 0.748. The van der Waals surface area contributed by atoms with Crippen LogP contribution in [-0.4, -0.2) is 51.1 Å². The fourth-order valence-corrected chi connectivity index (χ4v) is 3.70. The summed E-state index contributed by atoms with van der Waals surface area (Å²) in [7, 11) is 1.55. The van der Waals surface area contributed by atoms with Crippen molar-refractivity contribution in [1.29, 1.82) is 0 Å². The van der Waals surface area contributed by atoms with Crippen molar-refractivity contribution in [2.45, 2.75) is 19.9 Å². The van der Waals surface area contributed by atoms with Crippen LogP contribution in [0.15, 0.2) is 59.0 Å². The zero-order valence-electron chi connectivity index (χ0n) is 20.2. The molecular weight excluding hydrogens is 464 g/mol. The van der Waals surface area contributed by atoms with E-state index in [1.54, 1.807) is 37.4 Å². The van der Waals surface area contributed by atoms with Crippen LogP contribution in [0.3, 0.4) is 0 Å². The van der Waals surface area contributed by atoms with E-state index in [0.29, 0.717) is 41.7 Å². The number of rotatable bonds is 11. The molecule has 2 aromatic carbocycles. The van der Waals surface area contributed by atoms with Gasteiger partial charge >= 0.3 is 0 Å². The molecular formula is C27H28N2O7. The number of nitrogens with one attached hydrogen (secondary N) is 1. The lowest BCUT2D eigenvalue weighted by atomic mass is 10.1. The van der Waals surface area contributed by atoms with Gasteiger partial charge in [-0.15, -0.1) is 0 Å². The van der Waals surface area contributed by atoms with Crippen LogP contribution in [0.25, 0.3) is 0 Å². The monoisotopic (exact) mass is 492 g/mol. The molecule has 0 saturated heterocycles. The van der Waals surface area contributed by atoms with Crippen LogP contribution in [0.4, 0.5) is 5.69 Å². The largest absolute Gasteiger partial charge is 0.485 e. The molecule has 1 aromatic heterocycles. The van der Waals surface area contributed by atoms with Crippen molar-refractivity contribution in [2.75, 3.05) is 38.4 Å². The maximum atomic E-state index is 12.8. The number of aryl methyl sites for hydroxylation is 1. The molecule has 0 radical (unpaired) electrons. The van der Waals surface area contributed by atoms with Crippen molar-refractivity contribution < 1.29 is 33.0 Å². The number of methoxy groups -OCH3 is 1. The van der Waals surface area contributed by atoms with Gasteiger partial charge in [-0.1, -0.05) is 19.1 Å². The lowest BCUT2D eigenvalue weighted by Crippen LogP contribution is -2.38. The van der Waals surface area contributed by atoms with E-state index in [2.05, 4.69) is 12.2 Å². The van der Waals surface area contributed by atoms with Crippen LogP contribution in [-0.2, 0) is 22.5 Å². The van der Waals surface area contributed by atoms with Crippen LogP contribution in [0.2, 0.25) is 0 Å². The summed E-state index contributed by atoms with van der Waals surface area (Å²) in [6.07, 6.45) is 0.923. The van der Waals surface area contributed by atoms with Gasteiger partial charge in [0.05, 0.1) is 18.8 Å². The molecule has 1 aliphatic rings. The van der Waals surface area contributed by atoms with E-state index in [9.17, 15) is 14.4 Å². The third-order valence-corrected chi connectivity index (χ3v) is 5.72. The van der Waals surface area contributed by atoms with Crippen LogP contribution in [0, 0.1) is 0 Å². The number of fused-ring (bicyclic) bond motifs is 1. The van der Waals surface area contributed by atoms with Gasteiger partial charge in [0.15, 0.2) is 24.8 Å². The minimum Gasteiger partial charge on any atom is -0.485 e. The second-order valence-corrected chi connectivity index (χ2v) is 8.18. The minimum absolute atomic E-state index is 0.0818. The number of anilines is 1. The quantitative estimate of drug-likeness (QED) is 0.323. The van der Waals surface area contributed by atoms with Gasteiger partial charge in [0.2, 0.25) is 0 Å². The van der Waals surface area contributed by atoms with Gasteiger partial charge in [0.25, 0.3) is 11.8 Å². The number of ketones is 1. The van der Waals surface area contributed by atoms with E-state index >= 15 is 0 Å². The molecule has 0 atom stereocenters. The first-order chi connectivity index (χ1) is 17.5. The Labute approximate surface area is 208 Å². The van der Waals surface area contributed by atoms with Gasteiger partial charge in [-0.05, 0) is 54.4 Å². The van der Waals surface area contributed by atoms with E-state index in [1.807, 2.05) is 24.3 Å². The first kappa shape index (κ1) is 25.0. The second-order valence-electron chi connectivity index (χ2n) is 8.18. The number of ether oxygens (including phenoxy) is 3. The summed E-state index contributed by atoms with van der Waals surface area (Å²) < 4.78 is 21.8. The Hall–Kier alpha value is -4.11. The van der Waals surface area contributed by atoms with Gasteiger partial charge in [-0.25, -0.2) is 0 Å². The minimum atomic E-state index is -0.371. The predicted octanol–water partition coefficient (Wildman–Crippen LogP) is 3.41. The first-order valence-electron chi connectivity index (χ1n) is 11.7. The van der Waals surface area contributed by atoms with Crippen molar-refractivity contribution in [3.63, 3.8) is 0 Å². The van der Waals surface area contributed by atoms with Gasteiger partial charge in [-0.3, -0.25) is 19.3 Å². The summed E-state index contributed by atoms with van der Waals surface area (Å²) in [5.41, 5.74) is 2.02. The molecule has 3 aromatic rings. The summed E-state index contributed by atoms with van der Waals surface area (Å²) in [5, 5.41) is 2.68. The van der Waals surface area contributed by atoms with Crippen molar-refractivity contribution in [1.82, 2.24) is 5.32 Å². The maximum absolute atomic E-state index is 12.8. The Kier molecular flexibility index (Phi) is 8.02. The fourth-order valence-electron chi connectivity index (χ4n) is 3.70. The Balaban J connectivity index is 1.45. The number of nitrogens with zero attached hydrogens (tertiary/aromatic N) is 1. The second kappa shape index (κ2) is 11.5. The number of hydrogen-bond acceptors (Lipinski definition) is 7. The Morgan fingerprint density at radius 2 is 1.89 bits per heavy atom. The average molecular weight is 493 g/mol. The third-order valence-electron chi connectivity index (χ3n) is 5.72. The normalized spacial score (nSPS) is 12.6. The molecule has 36 heavy (non-hydrogen) atoms. The topological polar surface area (TPSA) is 107 Å². The predicted molar refractivity (Wildman–Crippen MR) is 132 cm³/mol. The molecule has 188 valence electrons. The summed E-state index contributed by atoms with van der Waals surface area (Å²) >= 11 is 0. The molecule has 0 spiro atoms. The average Bonchev–Trinajstić information content (AvgIpc) is 3.38.